The van der Waals surface area contributed by atoms with Crippen LogP contribution in [0.4, 0.5) is 0 Å². The first-order chi connectivity index (χ1) is 15.3. The van der Waals surface area contributed by atoms with Gasteiger partial charge in [-0.05, 0) is 63.0 Å². The number of hydrogen-bond donors (Lipinski definition) is 3. The van der Waals surface area contributed by atoms with Crippen LogP contribution in [0.3, 0.4) is 0 Å². The molecule has 0 spiro atoms. The smallest absolute Gasteiger partial charge is 0.345 e. The van der Waals surface area contributed by atoms with Gasteiger partial charge in [0.1, 0.15) is 20.6 Å². The lowest BCUT2D eigenvalue weighted by atomic mass is 10.2. The normalized spacial score (nSPS) is 8.94. The molecule has 0 aliphatic rings. The van der Waals surface area contributed by atoms with Gasteiger partial charge in [0.05, 0.1) is 6.61 Å². The van der Waals surface area contributed by atoms with Crippen LogP contribution in [-0.4, -0.2) is 38.3 Å². The number of halogens is 4. The fourth-order valence-electron chi connectivity index (χ4n) is 1.81. The third-order valence-electron chi connectivity index (χ3n) is 3.27. The molecule has 3 rings (SSSR count). The van der Waals surface area contributed by atoms with Gasteiger partial charge in [-0.15, -0.1) is 12.4 Å². The summed E-state index contributed by atoms with van der Waals surface area (Å²) in [6.07, 6.45) is 8.00. The van der Waals surface area contributed by atoms with Gasteiger partial charge in [0.25, 0.3) is 5.56 Å². The molecular formula is C22H29Br3ClN6O3S-3. The maximum atomic E-state index is 11.3. The van der Waals surface area contributed by atoms with E-state index in [9.17, 15) is 9.59 Å². The van der Waals surface area contributed by atoms with Gasteiger partial charge in [0.2, 0.25) is 0 Å². The van der Waals surface area contributed by atoms with Crippen LogP contribution in [0.2, 0.25) is 0 Å². The Labute approximate surface area is 251 Å². The first kappa shape index (κ1) is 41.1. The number of thiol groups is 1. The molecule has 0 atom stereocenters. The molecule has 0 aliphatic carbocycles. The van der Waals surface area contributed by atoms with Crippen molar-refractivity contribution < 1.29 is 11.0 Å². The molecule has 0 radical (unpaired) electrons. The first-order valence-electron chi connectivity index (χ1n) is 8.82. The van der Waals surface area contributed by atoms with E-state index in [4.69, 9.17) is 11.1 Å². The van der Waals surface area contributed by atoms with Gasteiger partial charge >= 0.3 is 5.97 Å². The molecule has 0 amide bonds. The largest absolute Gasteiger partial charge is 1.00 e. The standard InChI is InChI=1S/C9H6BrN3O.C6H7N3.C5H6Br2O2.CH4.CH3.ClH.H2S.H/c10-7-5-12-8(13-9(7)14)6-1-3-11-4-2-6;7-6(8)5-1-3-9-4-2-5;1-2-9-5(8)4(7)3-6;;;;;/h1-5H,(H,12,13,14);1-4H,(H3,7,8);3H,2H2,1H3;1H4;1H3;1H;1H2;/q;;;;-1;;;-1/p-1/b;;4-3+;;;;;. The molecule has 0 saturated heterocycles. The van der Waals surface area contributed by atoms with E-state index in [2.05, 4.69) is 72.5 Å². The highest BCUT2D eigenvalue weighted by molar-refractivity contribution is 9.14. The zero-order valence-corrected chi connectivity index (χ0v) is 25.1. The summed E-state index contributed by atoms with van der Waals surface area (Å²) in [4.78, 5) is 37.7. The summed E-state index contributed by atoms with van der Waals surface area (Å²) in [5.41, 5.74) is 6.53. The summed E-state index contributed by atoms with van der Waals surface area (Å²) in [6.45, 7) is 2.15. The summed E-state index contributed by atoms with van der Waals surface area (Å²) in [7, 11) is 0. The van der Waals surface area contributed by atoms with Crippen molar-refractivity contribution in [3.8, 4) is 11.4 Å². The van der Waals surface area contributed by atoms with Crippen molar-refractivity contribution in [2.75, 3.05) is 6.61 Å². The number of carbonyl (C=O) groups is 1. The van der Waals surface area contributed by atoms with Crippen LogP contribution in [0.1, 0.15) is 21.3 Å². The Balaban J connectivity index is -0.000000134. The summed E-state index contributed by atoms with van der Waals surface area (Å²) < 4.78 is 5.43. The number of carbonyl (C=O) groups excluding carboxylic acids is 1. The number of aromatic nitrogens is 4. The third kappa shape index (κ3) is 15.8. The van der Waals surface area contributed by atoms with Crippen molar-refractivity contribution in [2.45, 2.75) is 14.4 Å². The molecule has 3 heterocycles. The second kappa shape index (κ2) is 23.3. The summed E-state index contributed by atoms with van der Waals surface area (Å²) in [5.74, 6) is 0.271. The van der Waals surface area contributed by atoms with Gasteiger partial charge in [-0.1, -0.05) is 23.4 Å². The second-order valence-electron chi connectivity index (χ2n) is 5.47. The van der Waals surface area contributed by atoms with Crippen LogP contribution in [0.25, 0.3) is 11.4 Å². The molecule has 36 heavy (non-hydrogen) atoms. The van der Waals surface area contributed by atoms with Gasteiger partial charge in [-0.2, -0.15) is 0 Å². The quantitative estimate of drug-likeness (QED) is 0.0607. The van der Waals surface area contributed by atoms with Crippen molar-refractivity contribution >= 4 is 85.5 Å². The number of nitrogens with one attached hydrogen (secondary N) is 2. The van der Waals surface area contributed by atoms with Gasteiger partial charge in [-0.3, -0.25) is 20.2 Å². The van der Waals surface area contributed by atoms with E-state index in [1.165, 1.54) is 11.2 Å². The minimum atomic E-state index is -0.352. The predicted octanol–water partition coefficient (Wildman–Crippen LogP) is 5.49. The van der Waals surface area contributed by atoms with E-state index in [0.717, 1.165) is 5.56 Å². The second-order valence-corrected chi connectivity index (χ2v) is 7.64. The number of pyridine rings is 2. The number of ether oxygens (including phenoxy) is 1. The Bertz CT molecular complexity index is 1110. The Kier molecular flexibility index (Phi) is 26.6. The molecule has 202 valence electrons. The van der Waals surface area contributed by atoms with Gasteiger partial charge in [0.15, 0.2) is 0 Å². The number of nitrogens with two attached hydrogens (primary N) is 1. The molecule has 9 nitrogen and oxygen atoms in total. The minimum absolute atomic E-state index is 0. The van der Waals surface area contributed by atoms with Gasteiger partial charge in [-0.25, -0.2) is 9.78 Å². The van der Waals surface area contributed by atoms with Crippen LogP contribution < -0.4 is 11.3 Å². The molecular weight excluding hydrogens is 704 g/mol. The van der Waals surface area contributed by atoms with Crippen molar-refractivity contribution in [1.29, 1.82) is 5.41 Å². The predicted molar refractivity (Wildman–Crippen MR) is 164 cm³/mol. The van der Waals surface area contributed by atoms with E-state index >= 15 is 0 Å². The fourth-order valence-corrected chi connectivity index (χ4v) is 2.31. The Morgan fingerprint density at radius 1 is 1.19 bits per heavy atom. The van der Waals surface area contributed by atoms with Gasteiger partial charge < -0.3 is 37.8 Å². The van der Waals surface area contributed by atoms with E-state index in [1.807, 2.05) is 0 Å². The highest BCUT2D eigenvalue weighted by Crippen LogP contribution is 2.11. The van der Waals surface area contributed by atoms with Crippen molar-refractivity contribution in [3.63, 3.8) is 0 Å². The van der Waals surface area contributed by atoms with Crippen LogP contribution >= 0.6 is 60.2 Å². The topological polar surface area (TPSA) is 148 Å². The number of nitrogen functional groups attached to an aromatic ring is 1. The monoisotopic (exact) mass is 729 g/mol. The van der Waals surface area contributed by atoms with E-state index in [-0.39, 0.29) is 59.5 Å². The molecule has 3 aromatic rings. The van der Waals surface area contributed by atoms with Crippen molar-refractivity contribution in [2.24, 2.45) is 5.73 Å². The lowest BCUT2D eigenvalue weighted by molar-refractivity contribution is -0.137. The van der Waals surface area contributed by atoms with E-state index in [0.29, 0.717) is 26.9 Å². The number of hydrogen-bond acceptors (Lipinski definition) is 8. The van der Waals surface area contributed by atoms with Crippen LogP contribution in [0.5, 0.6) is 0 Å². The van der Waals surface area contributed by atoms with Gasteiger partial charge in [0, 0.05) is 47.1 Å². The lowest BCUT2D eigenvalue weighted by Crippen LogP contribution is -2.10. The van der Waals surface area contributed by atoms with E-state index in [1.54, 1.807) is 56.0 Å². The van der Waals surface area contributed by atoms with Crippen molar-refractivity contribution in [1.82, 2.24) is 19.9 Å². The maximum Gasteiger partial charge on any atom is 0.345 e. The molecule has 0 saturated carbocycles. The van der Waals surface area contributed by atoms with Crippen LogP contribution in [0.15, 0.2) is 74.0 Å². The van der Waals surface area contributed by atoms with Crippen LogP contribution in [-0.2, 0) is 23.0 Å². The number of rotatable bonds is 4. The number of aromatic amines is 1. The number of esters is 1. The Morgan fingerprint density at radius 3 is 2.08 bits per heavy atom. The zero-order valence-electron chi connectivity index (χ0n) is 19.6. The Morgan fingerprint density at radius 2 is 1.69 bits per heavy atom. The summed E-state index contributed by atoms with van der Waals surface area (Å²) in [6, 6.07) is 6.96. The average molecular weight is 733 g/mol. The highest BCUT2D eigenvalue weighted by atomic mass is 79.9. The maximum absolute atomic E-state index is 11.3. The number of nitrogens with zero attached hydrogens (tertiary/aromatic N) is 3. The average Bonchev–Trinajstić information content (AvgIpc) is 2.82. The molecule has 0 unspecified atom stereocenters. The molecule has 4 N–H and O–H groups in total. The lowest BCUT2D eigenvalue weighted by Gasteiger charge is -1.98. The molecule has 0 aliphatic heterocycles. The number of amidine groups is 1. The highest BCUT2D eigenvalue weighted by Gasteiger charge is 2.03. The Hall–Kier alpha value is -2.06. The van der Waals surface area contributed by atoms with Crippen LogP contribution in [0, 0.1) is 12.8 Å². The fraction of sp³-hybridized carbons (Fsp3) is 0.136. The SMILES string of the molecule is C.CCOC(=O)/C(Br)=C\Br.Cl.N=C(N)c1ccncc1.O=c1[nH]c(-c2ccncc2)ncc1Br.[CH3-].[H-].[SH-]. The molecule has 0 fully saturated rings. The minimum Gasteiger partial charge on any atom is -1.00 e. The molecule has 14 heteroatoms. The summed E-state index contributed by atoms with van der Waals surface area (Å²) in [5, 5.41) is 6.99. The molecule has 0 bridgehead atoms. The molecule has 0 aromatic carbocycles. The summed E-state index contributed by atoms with van der Waals surface area (Å²) >= 11 is 9.04. The van der Waals surface area contributed by atoms with Crippen molar-refractivity contribution in [3.05, 3.63) is 92.5 Å². The molecule has 3 aromatic heterocycles. The number of H-pyrrole nitrogens is 1. The third-order valence-corrected chi connectivity index (χ3v) is 5.46. The van der Waals surface area contributed by atoms with E-state index < -0.39 is 0 Å². The first-order valence-corrected chi connectivity index (χ1v) is 11.3. The zero-order chi connectivity index (χ0) is 23.9.